The van der Waals surface area contributed by atoms with Crippen LogP contribution in [0.5, 0.6) is 0 Å². The Labute approximate surface area is 115 Å². The largest absolute Gasteiger partial charge is 0.351 e. The average molecular weight is 282 g/mol. The van der Waals surface area contributed by atoms with E-state index in [2.05, 4.69) is 5.32 Å². The van der Waals surface area contributed by atoms with Crippen LogP contribution in [0, 0.1) is 11.6 Å². The number of hydrogen-bond donors (Lipinski definition) is 1. The van der Waals surface area contributed by atoms with Crippen molar-refractivity contribution in [2.24, 2.45) is 0 Å². The van der Waals surface area contributed by atoms with Gasteiger partial charge in [0.05, 0.1) is 6.04 Å². The molecule has 6 heteroatoms. The summed E-state index contributed by atoms with van der Waals surface area (Å²) in [6.45, 7) is 0.485. The van der Waals surface area contributed by atoms with E-state index in [0.717, 1.165) is 18.2 Å². The summed E-state index contributed by atoms with van der Waals surface area (Å²) in [5, 5.41) is 2.73. The minimum atomic E-state index is -0.523. The molecule has 0 radical (unpaired) electrons. The first-order valence-electron chi connectivity index (χ1n) is 6.43. The SMILES string of the molecule is CN1C[C@@H](NC(=O)CCc2cc(F)ccc2F)CC1=O. The molecule has 1 N–H and O–H groups in total. The van der Waals surface area contributed by atoms with E-state index in [0.29, 0.717) is 6.54 Å². The van der Waals surface area contributed by atoms with E-state index in [-0.39, 0.29) is 42.7 Å². The van der Waals surface area contributed by atoms with Crippen LogP contribution < -0.4 is 5.32 Å². The highest BCUT2D eigenvalue weighted by atomic mass is 19.1. The number of likely N-dealkylation sites (tertiary alicyclic amines) is 1. The molecule has 1 saturated heterocycles. The van der Waals surface area contributed by atoms with Crippen molar-refractivity contribution >= 4 is 11.8 Å². The van der Waals surface area contributed by atoms with E-state index in [1.54, 1.807) is 11.9 Å². The molecule has 0 aromatic heterocycles. The van der Waals surface area contributed by atoms with Crippen molar-refractivity contribution in [3.05, 3.63) is 35.4 Å². The Kier molecular flexibility index (Phi) is 4.32. The predicted octanol–water partition coefficient (Wildman–Crippen LogP) is 1.24. The fourth-order valence-electron chi connectivity index (χ4n) is 2.24. The Morgan fingerprint density at radius 1 is 1.45 bits per heavy atom. The number of carbonyl (C=O) groups excluding carboxylic acids is 2. The fourth-order valence-corrected chi connectivity index (χ4v) is 2.24. The van der Waals surface area contributed by atoms with Gasteiger partial charge >= 0.3 is 0 Å². The van der Waals surface area contributed by atoms with Gasteiger partial charge in [0.2, 0.25) is 11.8 Å². The van der Waals surface area contributed by atoms with Gasteiger partial charge in [0.25, 0.3) is 0 Å². The molecule has 0 saturated carbocycles. The Morgan fingerprint density at radius 3 is 2.85 bits per heavy atom. The van der Waals surface area contributed by atoms with E-state index >= 15 is 0 Å². The van der Waals surface area contributed by atoms with Crippen molar-refractivity contribution in [1.82, 2.24) is 10.2 Å². The Morgan fingerprint density at radius 2 is 2.20 bits per heavy atom. The third-order valence-electron chi connectivity index (χ3n) is 3.34. The number of halogens is 2. The smallest absolute Gasteiger partial charge is 0.224 e. The van der Waals surface area contributed by atoms with Crippen molar-refractivity contribution < 1.29 is 18.4 Å². The van der Waals surface area contributed by atoms with Crippen LogP contribution in [-0.4, -0.2) is 36.3 Å². The molecule has 1 aromatic rings. The van der Waals surface area contributed by atoms with Gasteiger partial charge in [0.15, 0.2) is 0 Å². The Hall–Kier alpha value is -1.98. The van der Waals surface area contributed by atoms with Crippen LogP contribution in [0.4, 0.5) is 8.78 Å². The van der Waals surface area contributed by atoms with Gasteiger partial charge in [-0.15, -0.1) is 0 Å². The third-order valence-corrected chi connectivity index (χ3v) is 3.34. The van der Waals surface area contributed by atoms with E-state index in [1.807, 2.05) is 0 Å². The number of nitrogens with zero attached hydrogens (tertiary/aromatic N) is 1. The van der Waals surface area contributed by atoms with Crippen molar-refractivity contribution in [2.45, 2.75) is 25.3 Å². The maximum absolute atomic E-state index is 13.4. The molecule has 0 bridgehead atoms. The second kappa shape index (κ2) is 5.98. The van der Waals surface area contributed by atoms with Crippen LogP contribution in [0.15, 0.2) is 18.2 Å². The summed E-state index contributed by atoms with van der Waals surface area (Å²) in [7, 11) is 1.68. The first-order valence-corrected chi connectivity index (χ1v) is 6.43. The molecular weight excluding hydrogens is 266 g/mol. The summed E-state index contributed by atoms with van der Waals surface area (Å²) in [5.74, 6) is -1.31. The summed E-state index contributed by atoms with van der Waals surface area (Å²) < 4.78 is 26.4. The molecule has 1 aliphatic rings. The molecule has 108 valence electrons. The molecule has 1 atom stereocenters. The number of hydrogen-bond acceptors (Lipinski definition) is 2. The number of rotatable bonds is 4. The number of carbonyl (C=O) groups is 2. The number of amides is 2. The van der Waals surface area contributed by atoms with E-state index in [9.17, 15) is 18.4 Å². The van der Waals surface area contributed by atoms with E-state index in [4.69, 9.17) is 0 Å². The van der Waals surface area contributed by atoms with Gasteiger partial charge in [-0.1, -0.05) is 0 Å². The van der Waals surface area contributed by atoms with E-state index in [1.165, 1.54) is 0 Å². The molecule has 0 spiro atoms. The standard InChI is InChI=1S/C14H16F2N2O2/c1-18-8-11(7-14(18)20)17-13(19)5-2-9-6-10(15)3-4-12(9)16/h3-4,6,11H,2,5,7-8H2,1H3,(H,17,19)/t11-/m0/s1. The van der Waals surface area contributed by atoms with Gasteiger partial charge in [0.1, 0.15) is 11.6 Å². The number of benzene rings is 1. The van der Waals surface area contributed by atoms with Crippen molar-refractivity contribution in [1.29, 1.82) is 0 Å². The monoisotopic (exact) mass is 282 g/mol. The zero-order valence-electron chi connectivity index (χ0n) is 11.2. The quantitative estimate of drug-likeness (QED) is 0.903. The zero-order valence-corrected chi connectivity index (χ0v) is 11.2. The van der Waals surface area contributed by atoms with Crippen LogP contribution in [0.25, 0.3) is 0 Å². The van der Waals surface area contributed by atoms with Crippen molar-refractivity contribution in [2.75, 3.05) is 13.6 Å². The molecule has 1 aromatic carbocycles. The Balaban J connectivity index is 1.83. The average Bonchev–Trinajstić information content (AvgIpc) is 2.69. The highest BCUT2D eigenvalue weighted by Crippen LogP contribution is 2.12. The second-order valence-electron chi connectivity index (χ2n) is 4.98. The van der Waals surface area contributed by atoms with Gasteiger partial charge in [-0.2, -0.15) is 0 Å². The van der Waals surface area contributed by atoms with Gasteiger partial charge in [0, 0.05) is 26.4 Å². The maximum Gasteiger partial charge on any atom is 0.224 e. The minimum Gasteiger partial charge on any atom is -0.351 e. The van der Waals surface area contributed by atoms with Crippen LogP contribution >= 0.6 is 0 Å². The number of aryl methyl sites for hydroxylation is 1. The lowest BCUT2D eigenvalue weighted by Crippen LogP contribution is -2.36. The lowest BCUT2D eigenvalue weighted by molar-refractivity contribution is -0.126. The molecule has 1 aliphatic heterocycles. The summed E-state index contributed by atoms with van der Waals surface area (Å²) >= 11 is 0. The minimum absolute atomic E-state index is 0.00789. The maximum atomic E-state index is 13.4. The lowest BCUT2D eigenvalue weighted by Gasteiger charge is -2.12. The van der Waals surface area contributed by atoms with Gasteiger partial charge in [-0.25, -0.2) is 8.78 Å². The molecule has 0 aliphatic carbocycles. The predicted molar refractivity (Wildman–Crippen MR) is 68.9 cm³/mol. The van der Waals surface area contributed by atoms with Gasteiger partial charge in [-0.05, 0) is 30.2 Å². The lowest BCUT2D eigenvalue weighted by atomic mass is 10.1. The zero-order chi connectivity index (χ0) is 14.7. The topological polar surface area (TPSA) is 49.4 Å². The van der Waals surface area contributed by atoms with Gasteiger partial charge < -0.3 is 10.2 Å². The van der Waals surface area contributed by atoms with Crippen LogP contribution in [0.1, 0.15) is 18.4 Å². The molecule has 0 unspecified atom stereocenters. The first kappa shape index (κ1) is 14.4. The van der Waals surface area contributed by atoms with Crippen molar-refractivity contribution in [3.8, 4) is 0 Å². The van der Waals surface area contributed by atoms with Crippen LogP contribution in [0.3, 0.4) is 0 Å². The molecule has 2 amide bonds. The first-order chi connectivity index (χ1) is 9.45. The van der Waals surface area contributed by atoms with Crippen LogP contribution in [-0.2, 0) is 16.0 Å². The van der Waals surface area contributed by atoms with Crippen molar-refractivity contribution in [3.63, 3.8) is 0 Å². The van der Waals surface area contributed by atoms with E-state index < -0.39 is 11.6 Å². The van der Waals surface area contributed by atoms with Crippen LogP contribution in [0.2, 0.25) is 0 Å². The highest BCUT2D eigenvalue weighted by molar-refractivity contribution is 5.82. The second-order valence-corrected chi connectivity index (χ2v) is 4.98. The third kappa shape index (κ3) is 3.53. The van der Waals surface area contributed by atoms with Gasteiger partial charge in [-0.3, -0.25) is 9.59 Å². The molecule has 2 rings (SSSR count). The Bertz CT molecular complexity index is 534. The summed E-state index contributed by atoms with van der Waals surface area (Å²) in [5.41, 5.74) is 0.180. The molecule has 4 nitrogen and oxygen atoms in total. The highest BCUT2D eigenvalue weighted by Gasteiger charge is 2.27. The molecular formula is C14H16F2N2O2. The molecule has 1 heterocycles. The molecule has 1 fully saturated rings. The summed E-state index contributed by atoms with van der Waals surface area (Å²) in [6, 6.07) is 2.99. The number of nitrogens with one attached hydrogen (secondary N) is 1. The fraction of sp³-hybridized carbons (Fsp3) is 0.429. The number of likely N-dealkylation sites (N-methyl/N-ethyl adjacent to an activating group) is 1. The summed E-state index contributed by atoms with van der Waals surface area (Å²) in [6.07, 6.45) is 0.483. The summed E-state index contributed by atoms with van der Waals surface area (Å²) in [4.78, 5) is 24.6. The molecule has 20 heavy (non-hydrogen) atoms. The normalized spacial score (nSPS) is 18.4.